The number of carbonyl (C=O) groups is 2. The largest absolute Gasteiger partial charge is 0.375 e. The van der Waals surface area contributed by atoms with E-state index in [1.807, 2.05) is 12.1 Å². The SMILES string of the molecule is O=C1CCC(n2oc3cc(CC4CNC4)ccc3c2=O)C(=O)N1. The second-order valence-corrected chi connectivity index (χ2v) is 6.25. The van der Waals surface area contributed by atoms with Crippen LogP contribution in [0.1, 0.15) is 24.4 Å². The summed E-state index contributed by atoms with van der Waals surface area (Å²) in [6.07, 6.45) is 1.43. The average molecular weight is 315 g/mol. The Kier molecular flexibility index (Phi) is 3.30. The minimum atomic E-state index is -0.758. The van der Waals surface area contributed by atoms with Gasteiger partial charge in [-0.3, -0.25) is 19.7 Å². The molecule has 0 bridgehead atoms. The molecule has 2 aliphatic heterocycles. The van der Waals surface area contributed by atoms with Crippen LogP contribution in [0.15, 0.2) is 27.5 Å². The fourth-order valence-electron chi connectivity index (χ4n) is 3.15. The van der Waals surface area contributed by atoms with E-state index < -0.39 is 11.9 Å². The van der Waals surface area contributed by atoms with Gasteiger partial charge in [-0.25, -0.2) is 0 Å². The Balaban J connectivity index is 1.67. The third-order valence-electron chi connectivity index (χ3n) is 4.56. The summed E-state index contributed by atoms with van der Waals surface area (Å²) in [7, 11) is 0. The lowest BCUT2D eigenvalue weighted by molar-refractivity contribution is -0.137. The minimum Gasteiger partial charge on any atom is -0.375 e. The molecule has 7 nitrogen and oxygen atoms in total. The van der Waals surface area contributed by atoms with Crippen LogP contribution in [0.25, 0.3) is 11.0 Å². The first-order chi connectivity index (χ1) is 11.1. The molecule has 0 radical (unpaired) electrons. The summed E-state index contributed by atoms with van der Waals surface area (Å²) in [6, 6.07) is 4.81. The molecular formula is C16H17N3O4. The van der Waals surface area contributed by atoms with Crippen LogP contribution < -0.4 is 16.2 Å². The van der Waals surface area contributed by atoms with Gasteiger partial charge in [-0.15, -0.1) is 0 Å². The Bertz CT molecular complexity index is 847. The Morgan fingerprint density at radius 2 is 2.04 bits per heavy atom. The van der Waals surface area contributed by atoms with E-state index in [4.69, 9.17) is 4.52 Å². The van der Waals surface area contributed by atoms with Crippen molar-refractivity contribution in [2.45, 2.75) is 25.3 Å². The van der Waals surface area contributed by atoms with Crippen molar-refractivity contribution < 1.29 is 14.1 Å². The zero-order valence-corrected chi connectivity index (χ0v) is 12.5. The molecule has 2 aliphatic rings. The first kappa shape index (κ1) is 14.2. The zero-order valence-electron chi connectivity index (χ0n) is 12.5. The highest BCUT2D eigenvalue weighted by molar-refractivity contribution is 5.99. The summed E-state index contributed by atoms with van der Waals surface area (Å²) in [6.45, 7) is 2.03. The molecule has 2 amide bonds. The third-order valence-corrected chi connectivity index (χ3v) is 4.56. The van der Waals surface area contributed by atoms with Gasteiger partial charge in [0.1, 0.15) is 6.04 Å². The molecule has 0 aliphatic carbocycles. The zero-order chi connectivity index (χ0) is 16.0. The highest BCUT2D eigenvalue weighted by Gasteiger charge is 2.31. The second kappa shape index (κ2) is 5.34. The summed E-state index contributed by atoms with van der Waals surface area (Å²) < 4.78 is 6.73. The summed E-state index contributed by atoms with van der Waals surface area (Å²) in [5, 5.41) is 5.94. The van der Waals surface area contributed by atoms with Crippen LogP contribution in [-0.4, -0.2) is 29.6 Å². The molecule has 4 rings (SSSR count). The van der Waals surface area contributed by atoms with Crippen LogP contribution in [0.4, 0.5) is 0 Å². The monoisotopic (exact) mass is 315 g/mol. The van der Waals surface area contributed by atoms with Crippen LogP contribution in [0, 0.1) is 5.92 Å². The standard InChI is InChI=1S/C16H17N3O4/c20-14-4-3-12(15(21)18-14)19-16(22)11-2-1-9(6-13(11)23-19)5-10-7-17-8-10/h1-2,6,10,12,17H,3-5,7-8H2,(H,18,20,21). The number of nitrogens with zero attached hydrogens (tertiary/aromatic N) is 1. The van der Waals surface area contributed by atoms with E-state index in [0.29, 0.717) is 16.9 Å². The first-order valence-corrected chi connectivity index (χ1v) is 7.80. The van der Waals surface area contributed by atoms with E-state index in [-0.39, 0.29) is 24.3 Å². The molecular weight excluding hydrogens is 298 g/mol. The van der Waals surface area contributed by atoms with Crippen molar-refractivity contribution in [3.8, 4) is 0 Å². The molecule has 2 aromatic rings. The Morgan fingerprint density at radius 1 is 1.22 bits per heavy atom. The minimum absolute atomic E-state index is 0.208. The van der Waals surface area contributed by atoms with E-state index in [0.717, 1.165) is 29.8 Å². The fourth-order valence-corrected chi connectivity index (χ4v) is 3.15. The Labute approximate surface area is 131 Å². The predicted molar refractivity (Wildman–Crippen MR) is 82.0 cm³/mol. The van der Waals surface area contributed by atoms with E-state index in [2.05, 4.69) is 10.6 Å². The van der Waals surface area contributed by atoms with Crippen LogP contribution in [0.3, 0.4) is 0 Å². The van der Waals surface area contributed by atoms with Gasteiger partial charge in [0, 0.05) is 6.42 Å². The fraction of sp³-hybridized carbons (Fsp3) is 0.438. The maximum atomic E-state index is 12.4. The predicted octanol–water partition coefficient (Wildman–Crippen LogP) is 0.334. The lowest BCUT2D eigenvalue weighted by Gasteiger charge is -2.26. The van der Waals surface area contributed by atoms with Crippen LogP contribution in [0.5, 0.6) is 0 Å². The third kappa shape index (κ3) is 2.46. The molecule has 2 N–H and O–H groups in total. The number of benzene rings is 1. The number of hydrogen-bond acceptors (Lipinski definition) is 5. The van der Waals surface area contributed by atoms with Crippen molar-refractivity contribution in [3.05, 3.63) is 34.1 Å². The maximum Gasteiger partial charge on any atom is 0.291 e. The van der Waals surface area contributed by atoms with Gasteiger partial charge < -0.3 is 9.84 Å². The molecule has 1 aromatic carbocycles. The van der Waals surface area contributed by atoms with Crippen LogP contribution >= 0.6 is 0 Å². The molecule has 3 heterocycles. The Morgan fingerprint density at radius 3 is 2.74 bits per heavy atom. The number of imide groups is 1. The summed E-state index contributed by atoms with van der Waals surface area (Å²) in [5.41, 5.74) is 1.28. The van der Waals surface area contributed by atoms with Gasteiger partial charge in [0.15, 0.2) is 5.58 Å². The van der Waals surface area contributed by atoms with E-state index >= 15 is 0 Å². The van der Waals surface area contributed by atoms with Gasteiger partial charge in [0.25, 0.3) is 11.5 Å². The molecule has 2 fully saturated rings. The van der Waals surface area contributed by atoms with Gasteiger partial charge in [-0.2, -0.15) is 4.74 Å². The number of amides is 2. The van der Waals surface area contributed by atoms with Crippen molar-refractivity contribution in [3.63, 3.8) is 0 Å². The quantitative estimate of drug-likeness (QED) is 0.797. The lowest BCUT2D eigenvalue weighted by Crippen LogP contribution is -2.43. The van der Waals surface area contributed by atoms with Crippen molar-refractivity contribution in [2.24, 2.45) is 5.92 Å². The van der Waals surface area contributed by atoms with Gasteiger partial charge in [0.05, 0.1) is 5.39 Å². The molecule has 2 saturated heterocycles. The van der Waals surface area contributed by atoms with Gasteiger partial charge >= 0.3 is 0 Å². The van der Waals surface area contributed by atoms with E-state index in [9.17, 15) is 14.4 Å². The first-order valence-electron chi connectivity index (χ1n) is 7.80. The average Bonchev–Trinajstić information content (AvgIpc) is 2.80. The molecule has 1 aromatic heterocycles. The highest BCUT2D eigenvalue weighted by Crippen LogP contribution is 2.22. The van der Waals surface area contributed by atoms with Crippen LogP contribution in [0.2, 0.25) is 0 Å². The highest BCUT2D eigenvalue weighted by atomic mass is 16.5. The van der Waals surface area contributed by atoms with Gasteiger partial charge in [-0.05, 0) is 49.5 Å². The summed E-state index contributed by atoms with van der Waals surface area (Å²) in [5.74, 6) is -0.175. The molecule has 0 spiro atoms. The Hall–Kier alpha value is -2.41. The molecule has 23 heavy (non-hydrogen) atoms. The number of piperidine rings is 1. The van der Waals surface area contributed by atoms with Gasteiger partial charge in [0.2, 0.25) is 5.91 Å². The van der Waals surface area contributed by atoms with Crippen LogP contribution in [-0.2, 0) is 16.0 Å². The number of hydrogen-bond donors (Lipinski definition) is 2. The smallest absolute Gasteiger partial charge is 0.291 e. The number of carbonyl (C=O) groups excluding carboxylic acids is 2. The van der Waals surface area contributed by atoms with Crippen molar-refractivity contribution in [1.82, 2.24) is 15.4 Å². The van der Waals surface area contributed by atoms with E-state index in [1.54, 1.807) is 6.07 Å². The molecule has 1 unspecified atom stereocenters. The van der Waals surface area contributed by atoms with E-state index in [1.165, 1.54) is 0 Å². The van der Waals surface area contributed by atoms with Crippen molar-refractivity contribution in [2.75, 3.05) is 13.1 Å². The lowest BCUT2D eigenvalue weighted by atomic mass is 9.94. The summed E-state index contributed by atoms with van der Waals surface area (Å²) >= 11 is 0. The number of fused-ring (bicyclic) bond motifs is 1. The molecule has 0 saturated carbocycles. The molecule has 120 valence electrons. The topological polar surface area (TPSA) is 93.3 Å². The summed E-state index contributed by atoms with van der Waals surface area (Å²) in [4.78, 5) is 35.6. The second-order valence-electron chi connectivity index (χ2n) is 6.25. The maximum absolute atomic E-state index is 12.4. The number of nitrogens with one attached hydrogen (secondary N) is 2. The molecule has 7 heteroatoms. The molecule has 1 atom stereocenters. The van der Waals surface area contributed by atoms with Crippen molar-refractivity contribution in [1.29, 1.82) is 0 Å². The normalized spacial score (nSPS) is 22.2. The van der Waals surface area contributed by atoms with Gasteiger partial charge in [-0.1, -0.05) is 6.07 Å². The number of aromatic nitrogens is 1. The number of rotatable bonds is 3. The van der Waals surface area contributed by atoms with Crippen molar-refractivity contribution >= 4 is 22.8 Å².